The number of esters is 1. The van der Waals surface area contributed by atoms with Crippen LogP contribution in [0, 0.1) is 0 Å². The van der Waals surface area contributed by atoms with Crippen molar-refractivity contribution in [2.24, 2.45) is 0 Å². The van der Waals surface area contributed by atoms with Crippen LogP contribution in [0.2, 0.25) is 0 Å². The zero-order chi connectivity index (χ0) is 16.2. The number of carbonyl (C=O) groups excluding carboxylic acids is 2. The second kappa shape index (κ2) is 6.32. The highest BCUT2D eigenvalue weighted by Gasteiger charge is 2.13. The summed E-state index contributed by atoms with van der Waals surface area (Å²) in [6, 6.07) is 19.5. The highest BCUT2D eigenvalue weighted by atomic mass is 16.5. The molecule has 114 valence electrons. The Labute approximate surface area is 132 Å². The van der Waals surface area contributed by atoms with Crippen LogP contribution in [0.15, 0.2) is 66.7 Å². The normalized spacial score (nSPS) is 10.4. The first-order chi connectivity index (χ1) is 11.1. The molecule has 3 aromatic carbocycles. The minimum Gasteiger partial charge on any atom is -0.545 e. The van der Waals surface area contributed by atoms with Gasteiger partial charge in [-0.1, -0.05) is 54.6 Å². The Hall–Kier alpha value is -3.14. The van der Waals surface area contributed by atoms with Crippen LogP contribution in [0.3, 0.4) is 0 Å². The Bertz CT molecular complexity index is 883. The first-order valence-electron chi connectivity index (χ1n) is 7.10. The Balaban J connectivity index is 1.77. The van der Waals surface area contributed by atoms with E-state index in [1.807, 2.05) is 42.5 Å². The standard InChI is InChI=1S/C19H14O4/c20-18(21)16-7-3-4-8-17(16)19(22)23-12-13-9-10-14-5-1-2-6-15(14)11-13/h1-11H,12H2,(H,20,21)/p-1. The van der Waals surface area contributed by atoms with Crippen molar-refractivity contribution in [1.29, 1.82) is 0 Å². The summed E-state index contributed by atoms with van der Waals surface area (Å²) < 4.78 is 5.22. The zero-order valence-corrected chi connectivity index (χ0v) is 12.2. The van der Waals surface area contributed by atoms with E-state index in [2.05, 4.69) is 0 Å². The molecule has 0 amide bonds. The van der Waals surface area contributed by atoms with Crippen LogP contribution in [-0.2, 0) is 11.3 Å². The second-order valence-corrected chi connectivity index (χ2v) is 5.09. The summed E-state index contributed by atoms with van der Waals surface area (Å²) in [6.45, 7) is 0.0745. The molecule has 4 heteroatoms. The molecule has 0 fully saturated rings. The van der Waals surface area contributed by atoms with E-state index in [1.165, 1.54) is 18.2 Å². The molecule has 0 unspecified atom stereocenters. The molecule has 0 atom stereocenters. The van der Waals surface area contributed by atoms with Crippen LogP contribution >= 0.6 is 0 Å². The summed E-state index contributed by atoms with van der Waals surface area (Å²) in [5.74, 6) is -2.08. The average molecular weight is 305 g/mol. The number of benzene rings is 3. The van der Waals surface area contributed by atoms with Crippen molar-refractivity contribution in [1.82, 2.24) is 0 Å². The van der Waals surface area contributed by atoms with Crippen molar-refractivity contribution in [3.8, 4) is 0 Å². The first kappa shape index (κ1) is 14.8. The fraction of sp³-hybridized carbons (Fsp3) is 0.0526. The summed E-state index contributed by atoms with van der Waals surface area (Å²) in [5, 5.41) is 13.2. The van der Waals surface area contributed by atoms with E-state index in [0.29, 0.717) is 0 Å². The maximum atomic E-state index is 12.1. The van der Waals surface area contributed by atoms with Gasteiger partial charge in [-0.15, -0.1) is 0 Å². The molecule has 0 N–H and O–H groups in total. The monoisotopic (exact) mass is 305 g/mol. The number of hydrogen-bond acceptors (Lipinski definition) is 4. The molecule has 0 aliphatic rings. The number of rotatable bonds is 4. The van der Waals surface area contributed by atoms with Crippen LogP contribution in [0.1, 0.15) is 26.3 Å². The largest absolute Gasteiger partial charge is 0.545 e. The van der Waals surface area contributed by atoms with Crippen LogP contribution < -0.4 is 5.11 Å². The topological polar surface area (TPSA) is 66.4 Å². The number of carboxylic acid groups (broad SMARTS) is 1. The van der Waals surface area contributed by atoms with Gasteiger partial charge in [0.1, 0.15) is 6.61 Å². The average Bonchev–Trinajstić information content (AvgIpc) is 2.59. The van der Waals surface area contributed by atoms with Crippen LogP contribution in [-0.4, -0.2) is 11.9 Å². The molecule has 4 nitrogen and oxygen atoms in total. The lowest BCUT2D eigenvalue weighted by atomic mass is 10.1. The van der Waals surface area contributed by atoms with Crippen LogP contribution in [0.4, 0.5) is 0 Å². The van der Waals surface area contributed by atoms with E-state index >= 15 is 0 Å². The van der Waals surface area contributed by atoms with Gasteiger partial charge in [0, 0.05) is 5.56 Å². The van der Waals surface area contributed by atoms with Crippen molar-refractivity contribution in [3.05, 3.63) is 83.4 Å². The second-order valence-electron chi connectivity index (χ2n) is 5.09. The van der Waals surface area contributed by atoms with Crippen molar-refractivity contribution >= 4 is 22.7 Å². The van der Waals surface area contributed by atoms with E-state index in [9.17, 15) is 14.7 Å². The quantitative estimate of drug-likeness (QED) is 0.695. The van der Waals surface area contributed by atoms with Crippen molar-refractivity contribution in [2.75, 3.05) is 0 Å². The van der Waals surface area contributed by atoms with Gasteiger partial charge in [0.25, 0.3) is 0 Å². The number of carboxylic acids is 1. The predicted molar refractivity (Wildman–Crippen MR) is 83.8 cm³/mol. The van der Waals surface area contributed by atoms with Gasteiger partial charge in [0.2, 0.25) is 0 Å². The van der Waals surface area contributed by atoms with Gasteiger partial charge >= 0.3 is 5.97 Å². The van der Waals surface area contributed by atoms with Crippen molar-refractivity contribution in [3.63, 3.8) is 0 Å². The summed E-state index contributed by atoms with van der Waals surface area (Å²) >= 11 is 0. The molecule has 0 heterocycles. The molecule has 3 rings (SSSR count). The third-order valence-corrected chi connectivity index (χ3v) is 3.55. The Kier molecular flexibility index (Phi) is 4.06. The molecule has 0 aliphatic heterocycles. The lowest BCUT2D eigenvalue weighted by Gasteiger charge is -2.10. The van der Waals surface area contributed by atoms with E-state index in [1.54, 1.807) is 6.07 Å². The summed E-state index contributed by atoms with van der Waals surface area (Å²) in [7, 11) is 0. The van der Waals surface area contributed by atoms with Gasteiger partial charge < -0.3 is 14.6 Å². The third kappa shape index (κ3) is 3.21. The minimum absolute atomic E-state index is 0.00621. The van der Waals surface area contributed by atoms with E-state index in [4.69, 9.17) is 4.74 Å². The van der Waals surface area contributed by atoms with E-state index in [-0.39, 0.29) is 17.7 Å². The van der Waals surface area contributed by atoms with Crippen molar-refractivity contribution < 1.29 is 19.4 Å². The minimum atomic E-state index is -1.40. The summed E-state index contributed by atoms with van der Waals surface area (Å²) in [5.41, 5.74) is 0.660. The van der Waals surface area contributed by atoms with E-state index < -0.39 is 11.9 Å². The smallest absolute Gasteiger partial charge is 0.339 e. The molecule has 0 radical (unpaired) electrons. The summed E-state index contributed by atoms with van der Waals surface area (Å²) in [4.78, 5) is 23.1. The van der Waals surface area contributed by atoms with Gasteiger partial charge in [-0.05, 0) is 28.5 Å². The molecule has 3 aromatic rings. The molecule has 0 aromatic heterocycles. The van der Waals surface area contributed by atoms with Crippen molar-refractivity contribution in [2.45, 2.75) is 6.61 Å². The molecular formula is C19H13O4-. The molecular weight excluding hydrogens is 292 g/mol. The number of ether oxygens (including phenoxy) is 1. The number of aromatic carboxylic acids is 1. The van der Waals surface area contributed by atoms with E-state index in [0.717, 1.165) is 16.3 Å². The zero-order valence-electron chi connectivity index (χ0n) is 12.2. The number of carbonyl (C=O) groups is 2. The molecule has 0 saturated heterocycles. The highest BCUT2D eigenvalue weighted by molar-refractivity contribution is 6.01. The molecule has 0 bridgehead atoms. The molecule has 23 heavy (non-hydrogen) atoms. The van der Waals surface area contributed by atoms with Gasteiger partial charge in [-0.25, -0.2) is 4.79 Å². The Morgan fingerprint density at radius 1 is 0.826 bits per heavy atom. The molecule has 0 aliphatic carbocycles. The van der Waals surface area contributed by atoms with Gasteiger partial charge in [-0.3, -0.25) is 0 Å². The predicted octanol–water partition coefficient (Wildman–Crippen LogP) is 2.56. The van der Waals surface area contributed by atoms with Gasteiger partial charge in [-0.2, -0.15) is 0 Å². The summed E-state index contributed by atoms with van der Waals surface area (Å²) in [6.07, 6.45) is 0. The maximum absolute atomic E-state index is 12.1. The maximum Gasteiger partial charge on any atom is 0.339 e. The number of hydrogen-bond donors (Lipinski definition) is 0. The lowest BCUT2D eigenvalue weighted by Crippen LogP contribution is -2.25. The molecule has 0 spiro atoms. The Morgan fingerprint density at radius 3 is 2.22 bits per heavy atom. The molecule has 0 saturated carbocycles. The lowest BCUT2D eigenvalue weighted by molar-refractivity contribution is -0.255. The fourth-order valence-corrected chi connectivity index (χ4v) is 2.39. The first-order valence-corrected chi connectivity index (χ1v) is 7.10. The van der Waals surface area contributed by atoms with Crippen LogP contribution in [0.5, 0.6) is 0 Å². The Morgan fingerprint density at radius 2 is 1.48 bits per heavy atom. The highest BCUT2D eigenvalue weighted by Crippen LogP contribution is 2.17. The number of fused-ring (bicyclic) bond motifs is 1. The third-order valence-electron chi connectivity index (χ3n) is 3.55. The van der Waals surface area contributed by atoms with Gasteiger partial charge in [0.05, 0.1) is 11.5 Å². The SMILES string of the molecule is O=C([O-])c1ccccc1C(=O)OCc1ccc2ccccc2c1. The van der Waals surface area contributed by atoms with Crippen LogP contribution in [0.25, 0.3) is 10.8 Å². The van der Waals surface area contributed by atoms with Gasteiger partial charge in [0.15, 0.2) is 0 Å². The fourth-order valence-electron chi connectivity index (χ4n) is 2.39.